The highest BCUT2D eigenvalue weighted by molar-refractivity contribution is 7.20. The summed E-state index contributed by atoms with van der Waals surface area (Å²) in [5.41, 5.74) is 5.84. The van der Waals surface area contributed by atoms with E-state index in [1.807, 2.05) is 0 Å². The number of pyridine rings is 1. The van der Waals surface area contributed by atoms with Crippen LogP contribution in [0.4, 0.5) is 15.2 Å². The third-order valence-corrected chi connectivity index (χ3v) is 7.04. The minimum atomic E-state index is -1.28. The van der Waals surface area contributed by atoms with Crippen molar-refractivity contribution in [1.29, 1.82) is 0 Å². The summed E-state index contributed by atoms with van der Waals surface area (Å²) in [5.74, 6) is -1.20. The molecule has 4 aromatic rings. The van der Waals surface area contributed by atoms with E-state index in [2.05, 4.69) is 25.7 Å². The van der Waals surface area contributed by atoms with Crippen molar-refractivity contribution in [2.75, 3.05) is 19.4 Å². The maximum atomic E-state index is 14.9. The second kappa shape index (κ2) is 10.9. The van der Waals surface area contributed by atoms with Crippen LogP contribution in [0.5, 0.6) is 0 Å². The normalized spacial score (nSPS) is 12.3. The number of carbonyl (C=O) groups excluding carboxylic acids is 2. The van der Waals surface area contributed by atoms with Crippen molar-refractivity contribution < 1.29 is 24.2 Å². The molecule has 0 aliphatic rings. The number of H-pyrrole nitrogens is 1. The summed E-state index contributed by atoms with van der Waals surface area (Å²) >= 11 is 1.10. The zero-order valence-electron chi connectivity index (χ0n) is 21.7. The largest absolute Gasteiger partial charge is 0.386 e. The van der Waals surface area contributed by atoms with E-state index < -0.39 is 23.4 Å². The van der Waals surface area contributed by atoms with Gasteiger partial charge in [-0.15, -0.1) is 11.3 Å². The number of carbonyl (C=O) groups is 2. The predicted molar refractivity (Wildman–Crippen MR) is 144 cm³/mol. The summed E-state index contributed by atoms with van der Waals surface area (Å²) in [6.07, 6.45) is -1.34. The highest BCUT2D eigenvalue weighted by atomic mass is 32.1. The first-order valence-corrected chi connectivity index (χ1v) is 12.6. The van der Waals surface area contributed by atoms with Crippen molar-refractivity contribution in [3.63, 3.8) is 0 Å². The highest BCUT2D eigenvalue weighted by Gasteiger charge is 2.24. The molecule has 0 fully saturated rings. The quantitative estimate of drug-likeness (QED) is 0.211. The van der Waals surface area contributed by atoms with Crippen LogP contribution in [0.3, 0.4) is 0 Å². The Balaban J connectivity index is 1.62. The van der Waals surface area contributed by atoms with E-state index >= 15 is 0 Å². The number of nitrogens with one attached hydrogen (secondary N) is 2. The second-order valence-corrected chi connectivity index (χ2v) is 10.6. The third kappa shape index (κ3) is 6.11. The lowest BCUT2D eigenvalue weighted by molar-refractivity contribution is -0.128. The number of benzene rings is 1. The topological polar surface area (TPSA) is 170 Å². The number of amides is 2. The molecule has 4 rings (SSSR count). The number of aliphatic hydroxyl groups excluding tert-OH is 1. The number of aromatic amines is 1. The average Bonchev–Trinajstić information content (AvgIpc) is 3.50. The van der Waals surface area contributed by atoms with Crippen LogP contribution in [0.15, 0.2) is 42.5 Å². The maximum absolute atomic E-state index is 14.9. The fourth-order valence-corrected chi connectivity index (χ4v) is 4.83. The molecule has 2 amide bonds. The molecule has 3 aromatic heterocycles. The van der Waals surface area contributed by atoms with Gasteiger partial charge in [0.05, 0.1) is 29.0 Å². The molecule has 0 saturated heterocycles. The first-order valence-electron chi connectivity index (χ1n) is 11.8. The molecule has 11 nitrogen and oxygen atoms in total. The lowest BCUT2D eigenvalue weighted by Gasteiger charge is -2.18. The van der Waals surface area contributed by atoms with E-state index in [-0.39, 0.29) is 46.4 Å². The van der Waals surface area contributed by atoms with Crippen LogP contribution in [0.25, 0.3) is 10.4 Å². The van der Waals surface area contributed by atoms with Gasteiger partial charge in [0, 0.05) is 24.5 Å². The van der Waals surface area contributed by atoms with E-state index in [9.17, 15) is 24.2 Å². The van der Waals surface area contributed by atoms with Gasteiger partial charge in [-0.3, -0.25) is 9.59 Å². The summed E-state index contributed by atoms with van der Waals surface area (Å²) < 4.78 is 14.9. The van der Waals surface area contributed by atoms with E-state index in [0.29, 0.717) is 15.4 Å². The summed E-state index contributed by atoms with van der Waals surface area (Å²) in [7, 11) is 3.23. The summed E-state index contributed by atoms with van der Waals surface area (Å²) in [6.45, 7) is 3.12. The van der Waals surface area contributed by atoms with Gasteiger partial charge in [-0.05, 0) is 43.7 Å². The number of likely N-dealkylation sites (N-methyl/N-ethyl adjacent to an activating group) is 1. The number of anilines is 2. The van der Waals surface area contributed by atoms with Crippen LogP contribution < -0.4 is 11.1 Å². The minimum Gasteiger partial charge on any atom is -0.386 e. The Labute approximate surface area is 227 Å². The molecule has 0 saturated carbocycles. The van der Waals surface area contributed by atoms with Gasteiger partial charge in [0.1, 0.15) is 28.4 Å². The van der Waals surface area contributed by atoms with Crippen molar-refractivity contribution in [1.82, 2.24) is 25.3 Å². The monoisotopic (exact) mass is 553 g/mol. The second-order valence-electron chi connectivity index (χ2n) is 9.57. The Morgan fingerprint density at radius 3 is 2.59 bits per heavy atom. The van der Waals surface area contributed by atoms with Crippen LogP contribution >= 0.6 is 11.3 Å². The van der Waals surface area contributed by atoms with Crippen LogP contribution in [0.2, 0.25) is 0 Å². The molecule has 13 heteroatoms. The number of aliphatic hydroxyl groups is 2. The van der Waals surface area contributed by atoms with Gasteiger partial charge in [0.25, 0.3) is 5.91 Å². The van der Waals surface area contributed by atoms with Gasteiger partial charge >= 0.3 is 0 Å². The van der Waals surface area contributed by atoms with Crippen LogP contribution in [0.1, 0.15) is 53.0 Å². The molecular formula is C26H28FN7O4S. The van der Waals surface area contributed by atoms with Crippen LogP contribution in [0, 0.1) is 5.82 Å². The fourth-order valence-electron chi connectivity index (χ4n) is 3.74. The Kier molecular flexibility index (Phi) is 7.77. The number of halogens is 1. The first kappa shape index (κ1) is 27.8. The summed E-state index contributed by atoms with van der Waals surface area (Å²) in [5, 5.41) is 34.9. The lowest BCUT2D eigenvalue weighted by Crippen LogP contribution is -2.24. The highest BCUT2D eigenvalue weighted by Crippen LogP contribution is 2.39. The number of aromatic nitrogens is 4. The van der Waals surface area contributed by atoms with E-state index in [4.69, 9.17) is 5.73 Å². The maximum Gasteiger partial charge on any atom is 0.251 e. The van der Waals surface area contributed by atoms with Crippen molar-refractivity contribution in [3.8, 4) is 10.4 Å². The standard InChI is InChI=1S/C26H28FN7O4S/c1-26(2,38)13-8-9-14(16(27)10-13)19-11-15(24(28)37)25(39-19)30-20-7-5-6-17(29-20)23(36)22-18(31-33-32-22)12-21(35)34(3)4/h5-11,23,36,38H,12H2,1-4H3,(H2,28,37)(H,29,30)(H,31,32,33). The SMILES string of the molecule is CN(C)C(=O)Cc1n[nH]nc1C(O)c1cccc(Nc2sc(-c3ccc(C(C)(C)O)cc3F)cc2C(N)=O)n1. The van der Waals surface area contributed by atoms with Crippen LogP contribution in [-0.2, 0) is 16.8 Å². The molecule has 0 spiro atoms. The smallest absolute Gasteiger partial charge is 0.251 e. The zero-order valence-corrected chi connectivity index (χ0v) is 22.5. The third-order valence-electron chi connectivity index (χ3n) is 5.96. The molecule has 0 bridgehead atoms. The van der Waals surface area contributed by atoms with Gasteiger partial charge in [-0.25, -0.2) is 9.37 Å². The van der Waals surface area contributed by atoms with Gasteiger partial charge in [-0.2, -0.15) is 15.4 Å². The van der Waals surface area contributed by atoms with E-state index in [1.54, 1.807) is 52.2 Å². The number of nitrogens with two attached hydrogens (primary N) is 1. The Bertz CT molecular complexity index is 1530. The van der Waals surface area contributed by atoms with Gasteiger partial charge in [0.2, 0.25) is 5.91 Å². The Morgan fingerprint density at radius 2 is 1.95 bits per heavy atom. The number of thiophene rings is 1. The van der Waals surface area contributed by atoms with Crippen molar-refractivity contribution in [2.45, 2.75) is 32.0 Å². The fraction of sp³-hybridized carbons (Fsp3) is 0.269. The number of rotatable bonds is 9. The van der Waals surface area contributed by atoms with Gasteiger partial charge in [-0.1, -0.05) is 18.2 Å². The Hall–Kier alpha value is -4.20. The molecule has 0 aliphatic carbocycles. The predicted octanol–water partition coefficient (Wildman–Crippen LogP) is 2.85. The molecule has 1 aromatic carbocycles. The van der Waals surface area contributed by atoms with Gasteiger partial charge < -0.3 is 26.2 Å². The summed E-state index contributed by atoms with van der Waals surface area (Å²) in [6, 6.07) is 10.7. The van der Waals surface area contributed by atoms with E-state index in [0.717, 1.165) is 11.3 Å². The molecular weight excluding hydrogens is 525 g/mol. The number of nitrogens with zero attached hydrogens (tertiary/aromatic N) is 4. The number of hydrogen-bond donors (Lipinski definition) is 5. The minimum absolute atomic E-state index is 0.0544. The van der Waals surface area contributed by atoms with Crippen molar-refractivity contribution >= 4 is 34.0 Å². The van der Waals surface area contributed by atoms with E-state index in [1.165, 1.54) is 23.1 Å². The Morgan fingerprint density at radius 1 is 1.21 bits per heavy atom. The first-order chi connectivity index (χ1) is 18.3. The molecule has 39 heavy (non-hydrogen) atoms. The molecule has 1 unspecified atom stereocenters. The molecule has 0 aliphatic heterocycles. The lowest BCUT2D eigenvalue weighted by atomic mass is 9.96. The van der Waals surface area contributed by atoms with Gasteiger partial charge in [0.15, 0.2) is 0 Å². The molecule has 0 radical (unpaired) electrons. The average molecular weight is 554 g/mol. The summed E-state index contributed by atoms with van der Waals surface area (Å²) in [4.78, 5) is 30.6. The van der Waals surface area contributed by atoms with Crippen LogP contribution in [-0.4, -0.2) is 61.4 Å². The van der Waals surface area contributed by atoms with Crippen molar-refractivity contribution in [3.05, 3.63) is 76.5 Å². The molecule has 3 heterocycles. The zero-order chi connectivity index (χ0) is 28.5. The molecule has 1 atom stereocenters. The molecule has 204 valence electrons. The number of hydrogen-bond acceptors (Lipinski definition) is 9. The molecule has 6 N–H and O–H groups in total. The van der Waals surface area contributed by atoms with Crippen molar-refractivity contribution in [2.24, 2.45) is 5.73 Å². The number of primary amides is 1.